The zero-order valence-electron chi connectivity index (χ0n) is 19.4. The second-order valence-electron chi connectivity index (χ2n) is 8.11. The minimum atomic E-state index is -4.74. The summed E-state index contributed by atoms with van der Waals surface area (Å²) in [4.78, 5) is 12.7. The first-order valence-corrected chi connectivity index (χ1v) is 12.8. The third-order valence-electron chi connectivity index (χ3n) is 5.26. The van der Waals surface area contributed by atoms with Crippen LogP contribution >= 0.6 is 0 Å². The standard InChI is InChI=1S/C27H21F3N2O4S/c1-37(34,35)25-15-11-22(12-16-25)32-26(33)19-5-9-21(10-6-19)31-23-4-2-3-20(17-23)18-7-13-24(14-8-18)36-27(28,29)30/h2-17,31H,1H3,(H,32,33). The van der Waals surface area contributed by atoms with Crippen molar-refractivity contribution >= 4 is 32.8 Å². The average Bonchev–Trinajstić information content (AvgIpc) is 2.84. The molecule has 0 saturated heterocycles. The Balaban J connectivity index is 1.40. The predicted octanol–water partition coefficient (Wildman–Crippen LogP) is 6.65. The normalized spacial score (nSPS) is 11.6. The molecule has 0 aliphatic rings. The Bertz CT molecular complexity index is 1500. The Morgan fingerprint density at radius 3 is 1.97 bits per heavy atom. The van der Waals surface area contributed by atoms with Gasteiger partial charge < -0.3 is 15.4 Å². The molecule has 10 heteroatoms. The molecule has 0 radical (unpaired) electrons. The molecule has 4 rings (SSSR count). The van der Waals surface area contributed by atoms with Gasteiger partial charge in [-0.05, 0) is 83.9 Å². The lowest BCUT2D eigenvalue weighted by Crippen LogP contribution is -2.16. The summed E-state index contributed by atoms with van der Waals surface area (Å²) < 4.78 is 64.1. The van der Waals surface area contributed by atoms with Crippen molar-refractivity contribution in [2.45, 2.75) is 11.3 Å². The molecule has 2 N–H and O–H groups in total. The number of carbonyl (C=O) groups excluding carboxylic acids is 1. The zero-order chi connectivity index (χ0) is 26.6. The average molecular weight is 527 g/mol. The monoisotopic (exact) mass is 526 g/mol. The highest BCUT2D eigenvalue weighted by molar-refractivity contribution is 7.90. The van der Waals surface area contributed by atoms with Crippen LogP contribution in [0.4, 0.5) is 30.2 Å². The van der Waals surface area contributed by atoms with Crippen LogP contribution in [-0.4, -0.2) is 26.9 Å². The summed E-state index contributed by atoms with van der Waals surface area (Å²) in [6.45, 7) is 0. The molecule has 6 nitrogen and oxygen atoms in total. The number of alkyl halides is 3. The summed E-state index contributed by atoms with van der Waals surface area (Å²) in [6.07, 6.45) is -3.63. The van der Waals surface area contributed by atoms with Crippen LogP contribution in [0.25, 0.3) is 11.1 Å². The van der Waals surface area contributed by atoms with Crippen molar-refractivity contribution in [2.75, 3.05) is 16.9 Å². The van der Waals surface area contributed by atoms with E-state index in [1.165, 1.54) is 36.4 Å². The summed E-state index contributed by atoms with van der Waals surface area (Å²) in [5.41, 5.74) is 3.86. The summed E-state index contributed by atoms with van der Waals surface area (Å²) >= 11 is 0. The van der Waals surface area contributed by atoms with E-state index >= 15 is 0 Å². The number of sulfone groups is 1. The van der Waals surface area contributed by atoms with Crippen molar-refractivity contribution < 1.29 is 31.1 Å². The Hall–Kier alpha value is -4.31. The van der Waals surface area contributed by atoms with Crippen LogP contribution in [-0.2, 0) is 9.84 Å². The number of amides is 1. The fourth-order valence-electron chi connectivity index (χ4n) is 3.49. The molecule has 0 aromatic heterocycles. The topological polar surface area (TPSA) is 84.5 Å². The Morgan fingerprint density at radius 2 is 1.38 bits per heavy atom. The number of carbonyl (C=O) groups is 1. The predicted molar refractivity (Wildman–Crippen MR) is 136 cm³/mol. The van der Waals surface area contributed by atoms with E-state index in [9.17, 15) is 26.4 Å². The van der Waals surface area contributed by atoms with E-state index in [1.807, 2.05) is 24.3 Å². The Kier molecular flexibility index (Phi) is 7.21. The van der Waals surface area contributed by atoms with Crippen molar-refractivity contribution in [3.05, 3.63) is 103 Å². The van der Waals surface area contributed by atoms with Gasteiger partial charge in [0.25, 0.3) is 5.91 Å². The lowest BCUT2D eigenvalue weighted by atomic mass is 10.0. The Morgan fingerprint density at radius 1 is 0.757 bits per heavy atom. The fraction of sp³-hybridized carbons (Fsp3) is 0.0741. The molecule has 0 heterocycles. The summed E-state index contributed by atoms with van der Waals surface area (Å²) in [5, 5.41) is 5.95. The molecule has 0 bridgehead atoms. The van der Waals surface area contributed by atoms with Crippen molar-refractivity contribution in [2.24, 2.45) is 0 Å². The number of hydrogen-bond donors (Lipinski definition) is 2. The summed E-state index contributed by atoms with van der Waals surface area (Å²) in [7, 11) is -3.32. The molecule has 4 aromatic carbocycles. The first kappa shape index (κ1) is 25.8. The minimum absolute atomic E-state index is 0.164. The van der Waals surface area contributed by atoms with Gasteiger partial charge in [0.05, 0.1) is 4.90 Å². The number of anilines is 3. The van der Waals surface area contributed by atoms with Crippen LogP contribution in [0.3, 0.4) is 0 Å². The molecule has 0 aliphatic heterocycles. The smallest absolute Gasteiger partial charge is 0.406 e. The number of ether oxygens (including phenoxy) is 1. The molecule has 0 fully saturated rings. The fourth-order valence-corrected chi connectivity index (χ4v) is 4.12. The van der Waals surface area contributed by atoms with E-state index in [0.29, 0.717) is 11.3 Å². The van der Waals surface area contributed by atoms with Gasteiger partial charge in [0.2, 0.25) is 0 Å². The maximum atomic E-state index is 12.5. The maximum absolute atomic E-state index is 12.5. The molecule has 4 aromatic rings. The molecular weight excluding hydrogens is 505 g/mol. The number of hydrogen-bond acceptors (Lipinski definition) is 5. The summed E-state index contributed by atoms with van der Waals surface area (Å²) in [6, 6.07) is 25.6. The quantitative estimate of drug-likeness (QED) is 0.282. The highest BCUT2D eigenvalue weighted by atomic mass is 32.2. The van der Waals surface area contributed by atoms with Crippen molar-refractivity contribution in [3.8, 4) is 16.9 Å². The number of halogens is 3. The molecule has 0 saturated carbocycles. The van der Waals surface area contributed by atoms with Gasteiger partial charge in [0.1, 0.15) is 5.75 Å². The van der Waals surface area contributed by atoms with Gasteiger partial charge in [-0.1, -0.05) is 24.3 Å². The molecule has 37 heavy (non-hydrogen) atoms. The number of rotatable bonds is 7. The minimum Gasteiger partial charge on any atom is -0.406 e. The van der Waals surface area contributed by atoms with Crippen LogP contribution in [0.15, 0.2) is 102 Å². The van der Waals surface area contributed by atoms with Crippen molar-refractivity contribution in [1.29, 1.82) is 0 Å². The molecule has 0 spiro atoms. The largest absolute Gasteiger partial charge is 0.573 e. The zero-order valence-corrected chi connectivity index (χ0v) is 20.2. The van der Waals surface area contributed by atoms with Gasteiger partial charge in [0.15, 0.2) is 9.84 Å². The molecule has 0 unspecified atom stereocenters. The van der Waals surface area contributed by atoms with Crippen LogP contribution in [0.1, 0.15) is 10.4 Å². The number of nitrogens with one attached hydrogen (secondary N) is 2. The van der Waals surface area contributed by atoms with E-state index in [2.05, 4.69) is 15.4 Å². The highest BCUT2D eigenvalue weighted by Gasteiger charge is 2.30. The lowest BCUT2D eigenvalue weighted by Gasteiger charge is -2.11. The van der Waals surface area contributed by atoms with Gasteiger partial charge in [-0.25, -0.2) is 8.42 Å². The lowest BCUT2D eigenvalue weighted by molar-refractivity contribution is -0.274. The van der Waals surface area contributed by atoms with Crippen molar-refractivity contribution in [1.82, 2.24) is 0 Å². The van der Waals surface area contributed by atoms with Gasteiger partial charge in [-0.3, -0.25) is 4.79 Å². The molecule has 0 aliphatic carbocycles. The number of benzene rings is 4. The van der Waals surface area contributed by atoms with Crippen LogP contribution in [0.2, 0.25) is 0 Å². The SMILES string of the molecule is CS(=O)(=O)c1ccc(NC(=O)c2ccc(Nc3cccc(-c4ccc(OC(F)(F)F)cc4)c3)cc2)cc1. The first-order valence-electron chi connectivity index (χ1n) is 10.9. The van der Waals surface area contributed by atoms with Gasteiger partial charge in [-0.15, -0.1) is 13.2 Å². The van der Waals surface area contributed by atoms with Gasteiger partial charge in [-0.2, -0.15) is 0 Å². The molecule has 0 atom stereocenters. The third-order valence-corrected chi connectivity index (χ3v) is 6.39. The van der Waals surface area contributed by atoms with Crippen LogP contribution in [0.5, 0.6) is 5.75 Å². The molecule has 190 valence electrons. The second-order valence-corrected chi connectivity index (χ2v) is 10.1. The van der Waals surface area contributed by atoms with Crippen LogP contribution in [0, 0.1) is 0 Å². The molecular formula is C27H21F3N2O4S. The van der Waals surface area contributed by atoms with E-state index in [1.54, 1.807) is 36.4 Å². The summed E-state index contributed by atoms with van der Waals surface area (Å²) in [5.74, 6) is -0.640. The third kappa shape index (κ3) is 7.11. The van der Waals surface area contributed by atoms with Crippen molar-refractivity contribution in [3.63, 3.8) is 0 Å². The first-order chi connectivity index (χ1) is 17.5. The van der Waals surface area contributed by atoms with E-state index in [0.717, 1.165) is 28.8 Å². The van der Waals surface area contributed by atoms with Crippen LogP contribution < -0.4 is 15.4 Å². The van der Waals surface area contributed by atoms with E-state index in [-0.39, 0.29) is 16.6 Å². The van der Waals surface area contributed by atoms with E-state index in [4.69, 9.17) is 0 Å². The Labute approximate surface area is 211 Å². The highest BCUT2D eigenvalue weighted by Crippen LogP contribution is 2.29. The van der Waals surface area contributed by atoms with Gasteiger partial charge in [0, 0.05) is 28.9 Å². The second kappa shape index (κ2) is 10.4. The van der Waals surface area contributed by atoms with Gasteiger partial charge >= 0.3 is 6.36 Å². The van der Waals surface area contributed by atoms with E-state index < -0.39 is 16.2 Å². The maximum Gasteiger partial charge on any atom is 0.573 e. The molecule has 1 amide bonds.